The van der Waals surface area contributed by atoms with E-state index < -0.39 is 0 Å². The number of hydrogen-bond donors (Lipinski definition) is 0. The first-order chi connectivity index (χ1) is 12.0. The summed E-state index contributed by atoms with van der Waals surface area (Å²) in [6, 6.07) is 6.27. The molecule has 0 N–H and O–H groups in total. The molecule has 1 aliphatic heterocycles. The highest BCUT2D eigenvalue weighted by molar-refractivity contribution is 5.80. The van der Waals surface area contributed by atoms with Gasteiger partial charge in [0.2, 0.25) is 11.8 Å². The molecule has 1 saturated heterocycles. The van der Waals surface area contributed by atoms with Crippen molar-refractivity contribution in [1.82, 2.24) is 9.80 Å². The van der Waals surface area contributed by atoms with Crippen molar-refractivity contribution in [3.05, 3.63) is 34.9 Å². The Bertz CT molecular complexity index is 635. The molecular formula is C21H30N2O2. The van der Waals surface area contributed by atoms with Crippen molar-refractivity contribution in [2.24, 2.45) is 5.92 Å². The highest BCUT2D eigenvalue weighted by Crippen LogP contribution is 2.27. The molecule has 25 heavy (non-hydrogen) atoms. The molecule has 3 rings (SSSR count). The van der Waals surface area contributed by atoms with E-state index in [1.54, 1.807) is 0 Å². The van der Waals surface area contributed by atoms with E-state index in [2.05, 4.69) is 32.0 Å². The summed E-state index contributed by atoms with van der Waals surface area (Å²) in [7, 11) is 0. The Morgan fingerprint density at radius 1 is 0.960 bits per heavy atom. The number of carbonyl (C=O) groups is 2. The summed E-state index contributed by atoms with van der Waals surface area (Å²) < 4.78 is 0. The van der Waals surface area contributed by atoms with Gasteiger partial charge in [-0.05, 0) is 44.2 Å². The molecule has 2 aliphatic rings. The zero-order chi connectivity index (χ0) is 17.8. The summed E-state index contributed by atoms with van der Waals surface area (Å²) >= 11 is 0. The summed E-state index contributed by atoms with van der Waals surface area (Å²) in [6.07, 6.45) is 5.81. The molecule has 1 aromatic carbocycles. The largest absolute Gasteiger partial charge is 0.341 e. The minimum atomic E-state index is 0.183. The molecule has 0 bridgehead atoms. The minimum Gasteiger partial charge on any atom is -0.341 e. The van der Waals surface area contributed by atoms with Crippen LogP contribution < -0.4 is 0 Å². The third kappa shape index (κ3) is 4.42. The van der Waals surface area contributed by atoms with Crippen molar-refractivity contribution < 1.29 is 9.59 Å². The normalized spacial score (nSPS) is 19.1. The lowest BCUT2D eigenvalue weighted by atomic mass is 10.0. The average molecular weight is 342 g/mol. The van der Waals surface area contributed by atoms with Crippen LogP contribution in [0.2, 0.25) is 0 Å². The average Bonchev–Trinajstić information content (AvgIpc) is 3.01. The number of amides is 2. The molecule has 0 aromatic heterocycles. The molecule has 1 heterocycles. The quantitative estimate of drug-likeness (QED) is 0.847. The second-order valence-electron chi connectivity index (χ2n) is 7.65. The summed E-state index contributed by atoms with van der Waals surface area (Å²) in [5.41, 5.74) is 3.52. The Balaban J connectivity index is 1.56. The maximum absolute atomic E-state index is 12.7. The standard InChI is InChI=1S/C21H30N2O2/c1-16-8-9-19(17(2)14-16)15-20(24)22-10-5-11-23(13-12-22)21(25)18-6-3-4-7-18/h8-9,14,18H,3-7,10-13,15H2,1-2H3. The fourth-order valence-corrected chi connectivity index (χ4v) is 4.14. The predicted octanol–water partition coefficient (Wildman–Crippen LogP) is 3.10. The molecule has 1 aromatic rings. The van der Waals surface area contributed by atoms with Gasteiger partial charge in [0.05, 0.1) is 6.42 Å². The second-order valence-corrected chi connectivity index (χ2v) is 7.65. The molecular weight excluding hydrogens is 312 g/mol. The number of carbonyl (C=O) groups excluding carboxylic acids is 2. The molecule has 4 nitrogen and oxygen atoms in total. The Morgan fingerprint density at radius 3 is 2.36 bits per heavy atom. The smallest absolute Gasteiger partial charge is 0.227 e. The van der Waals surface area contributed by atoms with Crippen LogP contribution in [0.3, 0.4) is 0 Å². The van der Waals surface area contributed by atoms with Gasteiger partial charge in [0.15, 0.2) is 0 Å². The lowest BCUT2D eigenvalue weighted by Crippen LogP contribution is -2.39. The molecule has 0 unspecified atom stereocenters. The van der Waals surface area contributed by atoms with Crippen LogP contribution in [0.4, 0.5) is 0 Å². The van der Waals surface area contributed by atoms with Gasteiger partial charge < -0.3 is 9.80 Å². The molecule has 2 amide bonds. The Labute approximate surface area is 151 Å². The van der Waals surface area contributed by atoms with Gasteiger partial charge in [0.1, 0.15) is 0 Å². The monoisotopic (exact) mass is 342 g/mol. The predicted molar refractivity (Wildman–Crippen MR) is 99.4 cm³/mol. The van der Waals surface area contributed by atoms with Gasteiger partial charge in [-0.25, -0.2) is 0 Å². The fraction of sp³-hybridized carbons (Fsp3) is 0.619. The van der Waals surface area contributed by atoms with Crippen LogP contribution in [-0.4, -0.2) is 47.8 Å². The van der Waals surface area contributed by atoms with E-state index in [9.17, 15) is 9.59 Å². The van der Waals surface area contributed by atoms with Crippen molar-refractivity contribution in [2.45, 2.75) is 52.4 Å². The van der Waals surface area contributed by atoms with Gasteiger partial charge in [-0.1, -0.05) is 36.6 Å². The lowest BCUT2D eigenvalue weighted by Gasteiger charge is -2.24. The van der Waals surface area contributed by atoms with Gasteiger partial charge in [-0.3, -0.25) is 9.59 Å². The van der Waals surface area contributed by atoms with Crippen molar-refractivity contribution in [3.8, 4) is 0 Å². The van der Waals surface area contributed by atoms with Crippen LogP contribution in [0.1, 0.15) is 48.8 Å². The van der Waals surface area contributed by atoms with Crippen LogP contribution in [0.25, 0.3) is 0 Å². The van der Waals surface area contributed by atoms with E-state index in [1.807, 2.05) is 9.80 Å². The minimum absolute atomic E-state index is 0.183. The van der Waals surface area contributed by atoms with Crippen molar-refractivity contribution >= 4 is 11.8 Å². The zero-order valence-corrected chi connectivity index (χ0v) is 15.6. The molecule has 2 fully saturated rings. The number of hydrogen-bond acceptors (Lipinski definition) is 2. The van der Waals surface area contributed by atoms with Gasteiger partial charge in [-0.2, -0.15) is 0 Å². The molecule has 0 atom stereocenters. The summed E-state index contributed by atoms with van der Waals surface area (Å²) in [5.74, 6) is 0.737. The third-order valence-electron chi connectivity index (χ3n) is 5.70. The second kappa shape index (κ2) is 8.03. The number of rotatable bonds is 3. The molecule has 1 saturated carbocycles. The Kier molecular flexibility index (Phi) is 5.77. The third-order valence-corrected chi connectivity index (χ3v) is 5.70. The van der Waals surface area contributed by atoms with Gasteiger partial charge in [0.25, 0.3) is 0 Å². The Hall–Kier alpha value is -1.84. The Morgan fingerprint density at radius 2 is 1.64 bits per heavy atom. The lowest BCUT2D eigenvalue weighted by molar-refractivity contribution is -0.136. The first kappa shape index (κ1) is 18.0. The van der Waals surface area contributed by atoms with Crippen molar-refractivity contribution in [1.29, 1.82) is 0 Å². The number of nitrogens with zero attached hydrogens (tertiary/aromatic N) is 2. The summed E-state index contributed by atoms with van der Waals surface area (Å²) in [6.45, 7) is 7.06. The van der Waals surface area contributed by atoms with Crippen LogP contribution in [0, 0.1) is 19.8 Å². The van der Waals surface area contributed by atoms with Crippen LogP contribution in [0.15, 0.2) is 18.2 Å². The van der Waals surface area contributed by atoms with E-state index in [0.717, 1.165) is 37.9 Å². The maximum atomic E-state index is 12.7. The summed E-state index contributed by atoms with van der Waals surface area (Å²) in [5, 5.41) is 0. The molecule has 1 aliphatic carbocycles. The number of aryl methyl sites for hydroxylation is 2. The van der Waals surface area contributed by atoms with Crippen molar-refractivity contribution in [3.63, 3.8) is 0 Å². The first-order valence-electron chi connectivity index (χ1n) is 9.67. The molecule has 0 spiro atoms. The van der Waals surface area contributed by atoms with E-state index in [-0.39, 0.29) is 11.8 Å². The summed E-state index contributed by atoms with van der Waals surface area (Å²) in [4.78, 5) is 29.3. The number of benzene rings is 1. The zero-order valence-electron chi connectivity index (χ0n) is 15.6. The highest BCUT2D eigenvalue weighted by atomic mass is 16.2. The van der Waals surface area contributed by atoms with Crippen molar-refractivity contribution in [2.75, 3.05) is 26.2 Å². The molecule has 0 radical (unpaired) electrons. The van der Waals surface area contributed by atoms with Crippen LogP contribution in [0.5, 0.6) is 0 Å². The first-order valence-corrected chi connectivity index (χ1v) is 9.67. The maximum Gasteiger partial charge on any atom is 0.227 e. The molecule has 136 valence electrons. The van der Waals surface area contributed by atoms with Crippen LogP contribution >= 0.6 is 0 Å². The molecule has 4 heteroatoms. The highest BCUT2D eigenvalue weighted by Gasteiger charge is 2.29. The van der Waals surface area contributed by atoms with Gasteiger partial charge in [0, 0.05) is 32.1 Å². The topological polar surface area (TPSA) is 40.6 Å². The fourth-order valence-electron chi connectivity index (χ4n) is 4.14. The van der Waals surface area contributed by atoms with Gasteiger partial charge >= 0.3 is 0 Å². The van der Waals surface area contributed by atoms with E-state index in [1.165, 1.54) is 24.0 Å². The van der Waals surface area contributed by atoms with Gasteiger partial charge in [-0.15, -0.1) is 0 Å². The SMILES string of the molecule is Cc1ccc(CC(=O)N2CCCN(C(=O)C3CCCC3)CC2)c(C)c1. The van der Waals surface area contributed by atoms with E-state index in [0.29, 0.717) is 25.4 Å². The van der Waals surface area contributed by atoms with E-state index in [4.69, 9.17) is 0 Å². The van der Waals surface area contributed by atoms with Crippen LogP contribution in [-0.2, 0) is 16.0 Å². The van der Waals surface area contributed by atoms with E-state index >= 15 is 0 Å².